The summed E-state index contributed by atoms with van der Waals surface area (Å²) in [6.45, 7) is 9.51. The molecule has 0 saturated carbocycles. The van der Waals surface area contributed by atoms with E-state index in [2.05, 4.69) is 45.2 Å². The van der Waals surface area contributed by atoms with Crippen LogP contribution in [0.25, 0.3) is 45.6 Å². The Morgan fingerprint density at radius 3 is 1.21 bits per heavy atom. The van der Waals surface area contributed by atoms with Crippen molar-refractivity contribution in [1.82, 2.24) is 44.8 Å². The SMILES string of the molecule is CC(=O)N1CCN(c2cc(N)c([N+](=O)[O-])c(-c3ncccn3)c2)CC1.CC(C)(C)Nc1cc(F)cc(-c2ncccn2)c1[N+](=O)[O-].Nc1cc(F)cc(-c2ncccn2)c1[N+](=O)[O-].O=[N+]([O-])c1c(F)cc(F)cc1-c1ncccn1. The molecule has 0 unspecified atom stereocenters. The van der Waals surface area contributed by atoms with Gasteiger partial charge in [0.15, 0.2) is 23.3 Å². The maximum atomic E-state index is 13.8. The smallest absolute Gasteiger partial charge is 0.315 e. The summed E-state index contributed by atoms with van der Waals surface area (Å²) in [5, 5.41) is 47.4. The van der Waals surface area contributed by atoms with Crippen molar-refractivity contribution < 1.29 is 42.0 Å². The van der Waals surface area contributed by atoms with Crippen molar-refractivity contribution in [2.24, 2.45) is 0 Å². The highest BCUT2D eigenvalue weighted by atomic mass is 19.1. The Hall–Kier alpha value is -10.8. The Bertz CT molecular complexity index is 3450. The van der Waals surface area contributed by atoms with Crippen molar-refractivity contribution in [2.75, 3.05) is 47.9 Å². The van der Waals surface area contributed by atoms with E-state index in [1.807, 2.05) is 25.7 Å². The van der Waals surface area contributed by atoms with Gasteiger partial charge >= 0.3 is 22.7 Å². The number of nitrogen functional groups attached to an aromatic ring is 2. The number of aromatic nitrogens is 8. The average Bonchev–Trinajstić information content (AvgIpc) is 3.42. The van der Waals surface area contributed by atoms with Gasteiger partial charge in [0.2, 0.25) is 11.7 Å². The summed E-state index contributed by atoms with van der Waals surface area (Å²) in [6, 6.07) is 14.9. The molecule has 1 aliphatic heterocycles. The van der Waals surface area contributed by atoms with Crippen molar-refractivity contribution in [1.29, 1.82) is 0 Å². The summed E-state index contributed by atoms with van der Waals surface area (Å²) in [7, 11) is 0. The predicted octanol–water partition coefficient (Wildman–Crippen LogP) is 8.81. The summed E-state index contributed by atoms with van der Waals surface area (Å²) < 4.78 is 53.4. The van der Waals surface area contributed by atoms with Gasteiger partial charge in [-0.1, -0.05) is 0 Å². The first kappa shape index (κ1) is 58.5. The summed E-state index contributed by atoms with van der Waals surface area (Å²) in [6.07, 6.45) is 11.4. The van der Waals surface area contributed by atoms with Crippen LogP contribution in [-0.4, -0.2) is 102 Å². The molecule has 0 spiro atoms. The van der Waals surface area contributed by atoms with E-state index >= 15 is 0 Å². The van der Waals surface area contributed by atoms with Crippen LogP contribution in [0.5, 0.6) is 0 Å². The van der Waals surface area contributed by atoms with Crippen LogP contribution in [0.1, 0.15) is 27.7 Å². The molecule has 1 aliphatic rings. The molecule has 4 aromatic heterocycles. The minimum absolute atomic E-state index is 0.0342. The average molecular weight is 1100 g/mol. The van der Waals surface area contributed by atoms with Gasteiger partial charge in [0.25, 0.3) is 0 Å². The van der Waals surface area contributed by atoms with Gasteiger partial charge in [0.1, 0.15) is 56.8 Å². The number of hydrogen-bond donors (Lipinski definition) is 3. The van der Waals surface area contributed by atoms with E-state index in [1.54, 1.807) is 42.2 Å². The van der Waals surface area contributed by atoms with Crippen LogP contribution in [0.3, 0.4) is 0 Å². The van der Waals surface area contributed by atoms with Gasteiger partial charge in [-0.25, -0.2) is 53.0 Å². The Balaban J connectivity index is 0.000000174. The number of nitro groups is 4. The van der Waals surface area contributed by atoms with Crippen molar-refractivity contribution in [3.05, 3.63) is 186 Å². The largest absolute Gasteiger partial charge is 0.393 e. The molecular formula is C50H45F4N17O9. The molecule has 0 bridgehead atoms. The third kappa shape index (κ3) is 15.0. The molecule has 9 rings (SSSR count). The number of nitrogens with one attached hydrogen (secondary N) is 1. The number of amides is 1. The van der Waals surface area contributed by atoms with E-state index in [0.29, 0.717) is 32.2 Å². The fourth-order valence-corrected chi connectivity index (χ4v) is 7.61. The maximum Gasteiger partial charge on any atom is 0.315 e. The topological polar surface area (TPSA) is 363 Å². The lowest BCUT2D eigenvalue weighted by Crippen LogP contribution is -2.48. The van der Waals surface area contributed by atoms with E-state index in [0.717, 1.165) is 36.0 Å². The second-order valence-electron chi connectivity index (χ2n) is 17.6. The number of anilines is 4. The number of carbonyl (C=O) groups excluding carboxylic acids is 1. The molecule has 30 heteroatoms. The van der Waals surface area contributed by atoms with Crippen LogP contribution in [0.15, 0.2) is 122 Å². The summed E-state index contributed by atoms with van der Waals surface area (Å²) in [4.78, 5) is 88.3. The van der Waals surface area contributed by atoms with E-state index < -0.39 is 59.9 Å². The molecule has 1 fully saturated rings. The summed E-state index contributed by atoms with van der Waals surface area (Å²) in [5.74, 6) is -3.06. The monoisotopic (exact) mass is 1100 g/mol. The van der Waals surface area contributed by atoms with E-state index in [1.165, 1.54) is 55.6 Å². The minimum atomic E-state index is -1.25. The summed E-state index contributed by atoms with van der Waals surface area (Å²) in [5.41, 5.74) is 9.96. The van der Waals surface area contributed by atoms with Crippen molar-refractivity contribution >= 4 is 51.4 Å². The minimum Gasteiger partial charge on any atom is -0.393 e. The van der Waals surface area contributed by atoms with Gasteiger partial charge in [-0.15, -0.1) is 0 Å². The molecule has 0 atom stereocenters. The molecular weight excluding hydrogens is 1060 g/mol. The third-order valence-corrected chi connectivity index (χ3v) is 10.9. The maximum absolute atomic E-state index is 13.8. The van der Waals surface area contributed by atoms with Crippen LogP contribution in [0.2, 0.25) is 0 Å². The molecule has 5 heterocycles. The number of rotatable bonds is 10. The first-order valence-corrected chi connectivity index (χ1v) is 23.2. The first-order valence-electron chi connectivity index (χ1n) is 23.2. The lowest BCUT2D eigenvalue weighted by atomic mass is 10.1. The standard InChI is InChI=1S/C16H18N6O3.C14H15FN4O2.C10H5F2N3O2.C10H7FN4O2/c1-11(23)20-5-7-21(8-6-20)12-9-13(16-18-3-2-4-19-16)15(22(24)25)14(17)10-12;1-14(2,3)18-11-8-9(15)7-10(12(11)19(20)21)13-16-5-4-6-17-13;2*11-6-4-7(10-13-2-1-3-14-10)9(15(16)17)8(12)5-6/h2-4,9-10H,5-8,17H2,1H3;4-8,18H,1-3H3;1-5H;1-5H,12H2. The van der Waals surface area contributed by atoms with Gasteiger partial charge in [-0.2, -0.15) is 4.39 Å². The molecule has 5 N–H and O–H groups in total. The predicted molar refractivity (Wildman–Crippen MR) is 283 cm³/mol. The number of benzene rings is 4. The van der Waals surface area contributed by atoms with Gasteiger partial charge < -0.3 is 26.6 Å². The third-order valence-electron chi connectivity index (χ3n) is 10.9. The van der Waals surface area contributed by atoms with Gasteiger partial charge in [-0.05, 0) is 75.4 Å². The number of piperazine rings is 1. The molecule has 1 amide bonds. The van der Waals surface area contributed by atoms with E-state index in [9.17, 15) is 62.8 Å². The zero-order valence-corrected chi connectivity index (χ0v) is 42.5. The Labute approximate surface area is 449 Å². The van der Waals surface area contributed by atoms with Gasteiger partial charge in [0, 0.05) is 112 Å². The van der Waals surface area contributed by atoms with E-state index in [4.69, 9.17) is 11.5 Å². The molecule has 1 saturated heterocycles. The fraction of sp³-hybridized carbons (Fsp3) is 0.180. The van der Waals surface area contributed by atoms with Gasteiger partial charge in [0.05, 0.1) is 19.7 Å². The molecule has 4 aromatic carbocycles. The fourth-order valence-electron chi connectivity index (χ4n) is 7.61. The molecule has 26 nitrogen and oxygen atoms in total. The highest BCUT2D eigenvalue weighted by Gasteiger charge is 2.29. The number of hydrogen-bond acceptors (Lipinski definition) is 21. The van der Waals surface area contributed by atoms with Crippen LogP contribution >= 0.6 is 0 Å². The molecule has 80 heavy (non-hydrogen) atoms. The quantitative estimate of drug-likeness (QED) is 0.0498. The van der Waals surface area contributed by atoms with Crippen molar-refractivity contribution in [3.8, 4) is 45.6 Å². The molecule has 8 aromatic rings. The lowest BCUT2D eigenvalue weighted by Gasteiger charge is -2.35. The Morgan fingerprint density at radius 1 is 0.500 bits per heavy atom. The highest BCUT2D eigenvalue weighted by Crippen LogP contribution is 2.39. The Morgan fingerprint density at radius 2 is 0.838 bits per heavy atom. The van der Waals surface area contributed by atoms with Crippen LogP contribution in [-0.2, 0) is 4.79 Å². The zero-order valence-electron chi connectivity index (χ0n) is 42.5. The molecule has 412 valence electrons. The number of carbonyl (C=O) groups is 1. The summed E-state index contributed by atoms with van der Waals surface area (Å²) >= 11 is 0. The van der Waals surface area contributed by atoms with Crippen LogP contribution in [0.4, 0.5) is 63.1 Å². The second-order valence-corrected chi connectivity index (χ2v) is 17.6. The van der Waals surface area contributed by atoms with Crippen LogP contribution < -0.4 is 21.7 Å². The van der Waals surface area contributed by atoms with Crippen molar-refractivity contribution in [2.45, 2.75) is 33.2 Å². The zero-order chi connectivity index (χ0) is 58.4. The van der Waals surface area contributed by atoms with E-state index in [-0.39, 0.29) is 79.9 Å². The molecule has 0 aliphatic carbocycles. The Kier molecular flexibility index (Phi) is 18.9. The lowest BCUT2D eigenvalue weighted by molar-refractivity contribution is -0.386. The normalized spacial score (nSPS) is 11.8. The van der Waals surface area contributed by atoms with Crippen LogP contribution in [0, 0.1) is 63.7 Å². The number of nitrogens with two attached hydrogens (primary N) is 2. The molecule has 0 radical (unpaired) electrons. The number of halogens is 4. The highest BCUT2D eigenvalue weighted by molar-refractivity contribution is 5.83. The second kappa shape index (κ2) is 25.8. The van der Waals surface area contributed by atoms with Crippen molar-refractivity contribution in [3.63, 3.8) is 0 Å². The number of nitro benzene ring substituents is 4. The number of nitrogens with zero attached hydrogens (tertiary/aromatic N) is 14. The first-order chi connectivity index (χ1) is 37.9. The van der Waals surface area contributed by atoms with Gasteiger partial charge in [-0.3, -0.25) is 45.3 Å².